The van der Waals surface area contributed by atoms with E-state index in [1.807, 2.05) is 0 Å². The molecule has 0 bridgehead atoms. The van der Waals surface area contributed by atoms with Crippen LogP contribution in [0.3, 0.4) is 0 Å². The van der Waals surface area contributed by atoms with Crippen LogP contribution in [-0.2, 0) is 4.79 Å². The van der Waals surface area contributed by atoms with Crippen LogP contribution in [0.2, 0.25) is 0 Å². The average Bonchev–Trinajstić information content (AvgIpc) is 2.39. The van der Waals surface area contributed by atoms with E-state index in [9.17, 15) is 9.18 Å². The van der Waals surface area contributed by atoms with Gasteiger partial charge in [-0.1, -0.05) is 0 Å². The molecule has 1 heterocycles. The Morgan fingerprint density at radius 2 is 2.50 bits per heavy atom. The summed E-state index contributed by atoms with van der Waals surface area (Å²) in [4.78, 5) is 10.5. The Balaban J connectivity index is 2.49. The number of hydrogen-bond donors (Lipinski definition) is 0. The highest BCUT2D eigenvalue weighted by atomic mass is 32.2. The van der Waals surface area contributed by atoms with Crippen molar-refractivity contribution in [3.05, 3.63) is 0 Å². The smallest absolute Gasteiger partial charge is 0.136 e. The Kier molecular flexibility index (Phi) is 2.72. The van der Waals surface area contributed by atoms with Gasteiger partial charge in [0, 0.05) is 0 Å². The van der Waals surface area contributed by atoms with Crippen LogP contribution in [0.5, 0.6) is 0 Å². The standard InChI is InChI=1S/C7H11FOS/c8-4-3-7(6-9)2-1-5-10-7/h6H,1-5H2. The molecule has 1 saturated heterocycles. The molecule has 0 aliphatic carbocycles. The summed E-state index contributed by atoms with van der Waals surface area (Å²) in [5.41, 5.74) is 0. The Labute approximate surface area is 64.4 Å². The zero-order chi connectivity index (χ0) is 7.45. The number of rotatable bonds is 3. The molecule has 1 atom stereocenters. The van der Waals surface area contributed by atoms with E-state index in [-0.39, 0.29) is 11.4 Å². The molecule has 1 unspecified atom stereocenters. The fourth-order valence-corrected chi connectivity index (χ4v) is 2.50. The van der Waals surface area contributed by atoms with E-state index >= 15 is 0 Å². The third kappa shape index (κ3) is 1.51. The monoisotopic (exact) mass is 162 g/mol. The van der Waals surface area contributed by atoms with E-state index in [1.165, 1.54) is 0 Å². The molecule has 0 aromatic carbocycles. The lowest BCUT2D eigenvalue weighted by Crippen LogP contribution is -2.23. The fourth-order valence-electron chi connectivity index (χ4n) is 1.23. The van der Waals surface area contributed by atoms with Crippen LogP contribution in [0.15, 0.2) is 0 Å². The van der Waals surface area contributed by atoms with Crippen LogP contribution in [0, 0.1) is 0 Å². The molecule has 1 fully saturated rings. The molecule has 58 valence electrons. The van der Waals surface area contributed by atoms with Gasteiger partial charge in [0.05, 0.1) is 11.4 Å². The average molecular weight is 162 g/mol. The van der Waals surface area contributed by atoms with E-state index in [2.05, 4.69) is 0 Å². The predicted molar refractivity (Wildman–Crippen MR) is 41.1 cm³/mol. The third-order valence-electron chi connectivity index (χ3n) is 1.87. The van der Waals surface area contributed by atoms with Crippen LogP contribution in [0.25, 0.3) is 0 Å². The molecule has 1 nitrogen and oxygen atoms in total. The minimum absolute atomic E-state index is 0.352. The first-order chi connectivity index (χ1) is 4.83. The van der Waals surface area contributed by atoms with Crippen molar-refractivity contribution in [3.63, 3.8) is 0 Å². The van der Waals surface area contributed by atoms with Gasteiger partial charge in [0.15, 0.2) is 0 Å². The van der Waals surface area contributed by atoms with Crippen LogP contribution in [0.1, 0.15) is 19.3 Å². The highest BCUT2D eigenvalue weighted by molar-refractivity contribution is 8.01. The maximum atomic E-state index is 11.9. The number of carbonyl (C=O) groups excluding carboxylic acids is 1. The number of hydrogen-bond acceptors (Lipinski definition) is 2. The lowest BCUT2D eigenvalue weighted by molar-refractivity contribution is -0.110. The summed E-state index contributed by atoms with van der Waals surface area (Å²) in [7, 11) is 0. The first-order valence-electron chi connectivity index (χ1n) is 3.49. The fraction of sp³-hybridized carbons (Fsp3) is 0.857. The molecule has 3 heteroatoms. The van der Waals surface area contributed by atoms with Gasteiger partial charge in [-0.15, -0.1) is 11.8 Å². The van der Waals surface area contributed by atoms with Crippen molar-refractivity contribution in [1.82, 2.24) is 0 Å². The van der Waals surface area contributed by atoms with E-state index in [4.69, 9.17) is 0 Å². The number of thioether (sulfide) groups is 1. The lowest BCUT2D eigenvalue weighted by Gasteiger charge is -2.17. The first-order valence-corrected chi connectivity index (χ1v) is 4.48. The maximum Gasteiger partial charge on any atom is 0.136 e. The van der Waals surface area contributed by atoms with Gasteiger partial charge in [-0.2, -0.15) is 0 Å². The van der Waals surface area contributed by atoms with Crippen molar-refractivity contribution < 1.29 is 9.18 Å². The second kappa shape index (κ2) is 3.37. The summed E-state index contributed by atoms with van der Waals surface area (Å²) in [6, 6.07) is 0. The van der Waals surface area contributed by atoms with Gasteiger partial charge in [-0.25, -0.2) is 0 Å². The Morgan fingerprint density at radius 1 is 1.70 bits per heavy atom. The first kappa shape index (κ1) is 8.05. The number of halogens is 1. The van der Waals surface area contributed by atoms with Gasteiger partial charge >= 0.3 is 0 Å². The second-order valence-electron chi connectivity index (χ2n) is 2.57. The molecule has 1 aliphatic rings. The summed E-state index contributed by atoms with van der Waals surface area (Å²) in [6.07, 6.45) is 3.25. The molecule has 0 aromatic heterocycles. The van der Waals surface area contributed by atoms with Crippen LogP contribution < -0.4 is 0 Å². The molecule has 0 N–H and O–H groups in total. The van der Waals surface area contributed by atoms with Gasteiger partial charge in [-0.3, -0.25) is 4.39 Å². The Morgan fingerprint density at radius 3 is 2.90 bits per heavy atom. The maximum absolute atomic E-state index is 11.9. The molecule has 10 heavy (non-hydrogen) atoms. The minimum Gasteiger partial charge on any atom is -0.302 e. The zero-order valence-corrected chi connectivity index (χ0v) is 6.62. The van der Waals surface area contributed by atoms with Crippen molar-refractivity contribution >= 4 is 18.0 Å². The summed E-state index contributed by atoms with van der Waals surface area (Å²) in [5.74, 6) is 1.01. The summed E-state index contributed by atoms with van der Waals surface area (Å²) < 4.78 is 11.6. The Bertz CT molecular complexity index is 121. The summed E-state index contributed by atoms with van der Waals surface area (Å²) in [5, 5.41) is 0. The topological polar surface area (TPSA) is 17.1 Å². The SMILES string of the molecule is O=CC1(CCF)CCCS1. The van der Waals surface area contributed by atoms with Gasteiger partial charge < -0.3 is 4.79 Å². The molecular formula is C7H11FOS. The molecular weight excluding hydrogens is 151 g/mol. The van der Waals surface area contributed by atoms with Gasteiger partial charge in [0.2, 0.25) is 0 Å². The van der Waals surface area contributed by atoms with Crippen molar-refractivity contribution in [2.24, 2.45) is 0 Å². The molecule has 0 spiro atoms. The number of carbonyl (C=O) groups is 1. The lowest BCUT2D eigenvalue weighted by atomic mass is 10.0. The van der Waals surface area contributed by atoms with Crippen molar-refractivity contribution in [2.75, 3.05) is 12.4 Å². The largest absolute Gasteiger partial charge is 0.302 e. The summed E-state index contributed by atoms with van der Waals surface area (Å²) in [6.45, 7) is -0.369. The molecule has 1 rings (SSSR count). The van der Waals surface area contributed by atoms with Crippen molar-refractivity contribution in [2.45, 2.75) is 24.0 Å². The second-order valence-corrected chi connectivity index (χ2v) is 4.08. The van der Waals surface area contributed by atoms with Gasteiger partial charge in [-0.05, 0) is 25.0 Å². The predicted octanol–water partition coefficient (Wildman–Crippen LogP) is 1.81. The molecule has 1 aliphatic heterocycles. The van der Waals surface area contributed by atoms with Crippen molar-refractivity contribution in [1.29, 1.82) is 0 Å². The van der Waals surface area contributed by atoms with Crippen LogP contribution >= 0.6 is 11.8 Å². The van der Waals surface area contributed by atoms with E-state index in [1.54, 1.807) is 11.8 Å². The van der Waals surface area contributed by atoms with E-state index in [0.29, 0.717) is 6.42 Å². The summed E-state index contributed by atoms with van der Waals surface area (Å²) >= 11 is 1.61. The molecule has 0 aromatic rings. The number of alkyl halides is 1. The quantitative estimate of drug-likeness (QED) is 0.589. The van der Waals surface area contributed by atoms with E-state index in [0.717, 1.165) is 24.9 Å². The van der Waals surface area contributed by atoms with Gasteiger partial charge in [0.1, 0.15) is 6.29 Å². The minimum atomic E-state index is -0.369. The van der Waals surface area contributed by atoms with Crippen LogP contribution in [-0.4, -0.2) is 23.5 Å². The molecule has 0 radical (unpaired) electrons. The number of aldehydes is 1. The Hall–Kier alpha value is -0.0500. The van der Waals surface area contributed by atoms with Gasteiger partial charge in [0.25, 0.3) is 0 Å². The van der Waals surface area contributed by atoms with Crippen molar-refractivity contribution in [3.8, 4) is 0 Å². The third-order valence-corrected chi connectivity index (χ3v) is 3.44. The van der Waals surface area contributed by atoms with Crippen LogP contribution in [0.4, 0.5) is 4.39 Å². The highest BCUT2D eigenvalue weighted by Gasteiger charge is 2.33. The molecule has 0 saturated carbocycles. The zero-order valence-electron chi connectivity index (χ0n) is 5.81. The van der Waals surface area contributed by atoms with E-state index < -0.39 is 0 Å². The highest BCUT2D eigenvalue weighted by Crippen LogP contribution is 2.38. The molecule has 0 amide bonds. The normalized spacial score (nSPS) is 32.5.